The van der Waals surface area contributed by atoms with E-state index >= 15 is 0 Å². The van der Waals surface area contributed by atoms with Crippen molar-refractivity contribution in [2.45, 2.75) is 38.3 Å². The largest absolute Gasteiger partial charge is 0.382 e. The number of halogens is 2. The molecule has 0 fully saturated rings. The van der Waals surface area contributed by atoms with Crippen molar-refractivity contribution in [3.05, 3.63) is 34.6 Å². The molecule has 1 N–H and O–H groups in total. The van der Waals surface area contributed by atoms with Gasteiger partial charge in [-0.2, -0.15) is 0 Å². The van der Waals surface area contributed by atoms with Crippen LogP contribution in [-0.2, 0) is 11.2 Å². The predicted octanol–water partition coefficient (Wildman–Crippen LogP) is 3.42. The van der Waals surface area contributed by atoms with Crippen molar-refractivity contribution in [2.75, 3.05) is 14.2 Å². The van der Waals surface area contributed by atoms with Gasteiger partial charge in [-0.05, 0) is 45.4 Å². The summed E-state index contributed by atoms with van der Waals surface area (Å²) >= 11 is 6.03. The maximum Gasteiger partial charge on any atom is 0.127 e. The first kappa shape index (κ1) is 15.4. The molecule has 0 spiro atoms. The SMILES string of the molecule is CNC(CCC(C)OC)Cc1c(F)cccc1Cl. The standard InChI is InChI=1S/C14H21ClFNO/c1-10(18-3)7-8-11(17-2)9-12-13(15)5-4-6-14(12)16/h4-6,10-11,17H,7-9H2,1-3H3. The van der Waals surface area contributed by atoms with Crippen LogP contribution >= 0.6 is 11.6 Å². The van der Waals surface area contributed by atoms with Crippen molar-refractivity contribution in [3.8, 4) is 0 Å². The van der Waals surface area contributed by atoms with E-state index in [-0.39, 0.29) is 18.0 Å². The van der Waals surface area contributed by atoms with E-state index in [1.165, 1.54) is 6.07 Å². The van der Waals surface area contributed by atoms with E-state index in [0.717, 1.165) is 12.8 Å². The summed E-state index contributed by atoms with van der Waals surface area (Å²) in [5.74, 6) is -0.234. The third kappa shape index (κ3) is 4.56. The molecule has 18 heavy (non-hydrogen) atoms. The lowest BCUT2D eigenvalue weighted by Crippen LogP contribution is -2.29. The summed E-state index contributed by atoms with van der Waals surface area (Å²) in [5.41, 5.74) is 0.587. The number of likely N-dealkylation sites (N-methyl/N-ethyl adjacent to an activating group) is 1. The second kappa shape index (κ2) is 7.72. The minimum atomic E-state index is -0.234. The number of benzene rings is 1. The van der Waals surface area contributed by atoms with Gasteiger partial charge in [0.1, 0.15) is 5.82 Å². The number of hydrogen-bond acceptors (Lipinski definition) is 2. The second-order valence-electron chi connectivity index (χ2n) is 4.51. The van der Waals surface area contributed by atoms with Crippen LogP contribution in [0.3, 0.4) is 0 Å². The van der Waals surface area contributed by atoms with Gasteiger partial charge in [0.25, 0.3) is 0 Å². The van der Waals surface area contributed by atoms with Gasteiger partial charge in [0, 0.05) is 23.7 Å². The number of rotatable bonds is 7. The summed E-state index contributed by atoms with van der Waals surface area (Å²) in [5, 5.41) is 3.70. The third-order valence-corrected chi connectivity index (χ3v) is 3.60. The molecule has 0 saturated heterocycles. The van der Waals surface area contributed by atoms with Crippen LogP contribution < -0.4 is 5.32 Å². The van der Waals surface area contributed by atoms with Crippen molar-refractivity contribution in [2.24, 2.45) is 0 Å². The molecule has 1 rings (SSSR count). The average molecular weight is 274 g/mol. The van der Waals surface area contributed by atoms with Crippen LogP contribution in [0.1, 0.15) is 25.3 Å². The van der Waals surface area contributed by atoms with E-state index in [1.807, 2.05) is 14.0 Å². The molecule has 4 heteroatoms. The molecule has 1 aromatic rings. The molecule has 0 aliphatic heterocycles. The molecule has 0 aromatic heterocycles. The monoisotopic (exact) mass is 273 g/mol. The lowest BCUT2D eigenvalue weighted by molar-refractivity contribution is 0.106. The highest BCUT2D eigenvalue weighted by atomic mass is 35.5. The summed E-state index contributed by atoms with van der Waals surface area (Å²) in [7, 11) is 3.59. The molecule has 2 nitrogen and oxygen atoms in total. The molecule has 2 atom stereocenters. The fourth-order valence-electron chi connectivity index (χ4n) is 1.88. The molecule has 0 bridgehead atoms. The van der Waals surface area contributed by atoms with Crippen LogP contribution in [0.2, 0.25) is 5.02 Å². The average Bonchev–Trinajstić information content (AvgIpc) is 2.37. The molecule has 0 aliphatic carbocycles. The van der Waals surface area contributed by atoms with Crippen LogP contribution in [0.25, 0.3) is 0 Å². The summed E-state index contributed by atoms with van der Waals surface area (Å²) in [6.07, 6.45) is 2.68. The van der Waals surface area contributed by atoms with Crippen molar-refractivity contribution >= 4 is 11.6 Å². The molecule has 0 aliphatic rings. The molecule has 2 unspecified atom stereocenters. The Balaban J connectivity index is 2.62. The predicted molar refractivity (Wildman–Crippen MR) is 73.7 cm³/mol. The van der Waals surface area contributed by atoms with Crippen LogP contribution in [0, 0.1) is 5.82 Å². The molecular formula is C14H21ClFNO. The molecule has 0 heterocycles. The van der Waals surface area contributed by atoms with Gasteiger partial charge in [-0.1, -0.05) is 17.7 Å². The Morgan fingerprint density at radius 1 is 1.39 bits per heavy atom. The summed E-state index contributed by atoms with van der Waals surface area (Å²) < 4.78 is 18.9. The van der Waals surface area contributed by atoms with E-state index in [4.69, 9.17) is 16.3 Å². The van der Waals surface area contributed by atoms with Gasteiger partial charge >= 0.3 is 0 Å². The van der Waals surface area contributed by atoms with E-state index in [2.05, 4.69) is 5.32 Å². The Morgan fingerprint density at radius 3 is 2.67 bits per heavy atom. The van der Waals surface area contributed by atoms with Crippen molar-refractivity contribution in [1.29, 1.82) is 0 Å². The minimum Gasteiger partial charge on any atom is -0.382 e. The van der Waals surface area contributed by atoms with Crippen LogP contribution in [-0.4, -0.2) is 26.3 Å². The normalized spacial score (nSPS) is 14.5. The third-order valence-electron chi connectivity index (χ3n) is 3.24. The van der Waals surface area contributed by atoms with Gasteiger partial charge < -0.3 is 10.1 Å². The number of methoxy groups -OCH3 is 1. The highest BCUT2D eigenvalue weighted by Crippen LogP contribution is 2.21. The Hall–Kier alpha value is -0.640. The van der Waals surface area contributed by atoms with Crippen molar-refractivity contribution in [3.63, 3.8) is 0 Å². The van der Waals surface area contributed by atoms with Gasteiger partial charge in [-0.3, -0.25) is 0 Å². The second-order valence-corrected chi connectivity index (χ2v) is 4.92. The summed E-state index contributed by atoms with van der Waals surface area (Å²) in [6.45, 7) is 2.03. The van der Waals surface area contributed by atoms with E-state index in [1.54, 1.807) is 19.2 Å². The lowest BCUT2D eigenvalue weighted by atomic mass is 10.00. The summed E-state index contributed by atoms with van der Waals surface area (Å²) in [6, 6.07) is 5.01. The van der Waals surface area contributed by atoms with Gasteiger partial charge in [-0.25, -0.2) is 4.39 Å². The zero-order valence-corrected chi connectivity index (χ0v) is 11.9. The lowest BCUT2D eigenvalue weighted by Gasteiger charge is -2.19. The Morgan fingerprint density at radius 2 is 2.11 bits per heavy atom. The maximum absolute atomic E-state index is 13.7. The minimum absolute atomic E-state index is 0.206. The number of ether oxygens (including phenoxy) is 1. The Kier molecular flexibility index (Phi) is 6.61. The quantitative estimate of drug-likeness (QED) is 0.822. The first-order valence-electron chi connectivity index (χ1n) is 6.21. The van der Waals surface area contributed by atoms with Gasteiger partial charge in [-0.15, -0.1) is 0 Å². The first-order valence-corrected chi connectivity index (χ1v) is 6.59. The molecule has 0 radical (unpaired) electrons. The van der Waals surface area contributed by atoms with E-state index < -0.39 is 0 Å². The Labute approximate surface area is 113 Å². The smallest absolute Gasteiger partial charge is 0.127 e. The Bertz CT molecular complexity index is 353. The van der Waals surface area contributed by atoms with Crippen molar-refractivity contribution in [1.82, 2.24) is 5.32 Å². The highest BCUT2D eigenvalue weighted by molar-refractivity contribution is 6.31. The van der Waals surface area contributed by atoms with E-state index in [0.29, 0.717) is 17.0 Å². The number of nitrogens with one attached hydrogen (secondary N) is 1. The zero-order chi connectivity index (χ0) is 13.5. The van der Waals surface area contributed by atoms with Gasteiger partial charge in [0.15, 0.2) is 0 Å². The molecule has 0 amide bonds. The van der Waals surface area contributed by atoms with E-state index in [9.17, 15) is 4.39 Å². The first-order chi connectivity index (χ1) is 8.58. The highest BCUT2D eigenvalue weighted by Gasteiger charge is 2.14. The number of hydrogen-bond donors (Lipinski definition) is 1. The molecule has 1 aromatic carbocycles. The maximum atomic E-state index is 13.7. The topological polar surface area (TPSA) is 21.3 Å². The molecule has 0 saturated carbocycles. The zero-order valence-electron chi connectivity index (χ0n) is 11.2. The molecule has 102 valence electrons. The van der Waals surface area contributed by atoms with Crippen LogP contribution in [0.4, 0.5) is 4.39 Å². The fraction of sp³-hybridized carbons (Fsp3) is 0.571. The van der Waals surface area contributed by atoms with Crippen LogP contribution in [0.5, 0.6) is 0 Å². The fourth-order valence-corrected chi connectivity index (χ4v) is 2.12. The van der Waals surface area contributed by atoms with Gasteiger partial charge in [0.2, 0.25) is 0 Å². The van der Waals surface area contributed by atoms with Crippen molar-refractivity contribution < 1.29 is 9.13 Å². The van der Waals surface area contributed by atoms with Crippen LogP contribution in [0.15, 0.2) is 18.2 Å². The molecular weight excluding hydrogens is 253 g/mol. The van der Waals surface area contributed by atoms with Gasteiger partial charge in [0.05, 0.1) is 6.10 Å². The summed E-state index contributed by atoms with van der Waals surface area (Å²) in [4.78, 5) is 0.